The fourth-order valence-corrected chi connectivity index (χ4v) is 0.990. The lowest BCUT2D eigenvalue weighted by Crippen LogP contribution is -2.35. The van der Waals surface area contributed by atoms with Gasteiger partial charge in [-0.25, -0.2) is 0 Å². The average Bonchev–Trinajstić information content (AvgIpc) is 2.50. The summed E-state index contributed by atoms with van der Waals surface area (Å²) in [6, 6.07) is -0.301. The van der Waals surface area contributed by atoms with Crippen molar-refractivity contribution in [2.24, 2.45) is 5.92 Å². The minimum atomic E-state index is -0.722. The zero-order valence-electron chi connectivity index (χ0n) is 5.42. The van der Waals surface area contributed by atoms with Gasteiger partial charge in [0.15, 0.2) is 0 Å². The molecule has 2 N–H and O–H groups in total. The van der Waals surface area contributed by atoms with Crippen LogP contribution >= 0.6 is 0 Å². The van der Waals surface area contributed by atoms with Gasteiger partial charge in [-0.15, -0.1) is 0 Å². The number of likely N-dealkylation sites (N-methyl/N-ethyl adjacent to an activating group) is 1. The highest BCUT2D eigenvalue weighted by molar-refractivity contribution is 5.74. The predicted octanol–water partition coefficient (Wildman–Crippen LogP) is 0.0690. The van der Waals surface area contributed by atoms with Gasteiger partial charge in [0.05, 0.1) is 0 Å². The Hall–Kier alpha value is -0.570. The largest absolute Gasteiger partial charge is 0.480 e. The Morgan fingerprint density at radius 3 is 2.44 bits per heavy atom. The summed E-state index contributed by atoms with van der Waals surface area (Å²) in [4.78, 5) is 10.3. The first kappa shape index (κ1) is 6.55. The molecule has 0 bridgehead atoms. The molecule has 9 heavy (non-hydrogen) atoms. The molecule has 1 aliphatic carbocycles. The first-order chi connectivity index (χ1) is 4.25. The van der Waals surface area contributed by atoms with E-state index in [4.69, 9.17) is 5.11 Å². The molecule has 0 aliphatic heterocycles. The van der Waals surface area contributed by atoms with Gasteiger partial charge in [-0.05, 0) is 25.8 Å². The van der Waals surface area contributed by atoms with Crippen LogP contribution in [0.4, 0.5) is 0 Å². The number of carbonyl (C=O) groups is 1. The third kappa shape index (κ3) is 1.42. The molecule has 1 atom stereocenters. The van der Waals surface area contributed by atoms with E-state index in [0.717, 1.165) is 12.8 Å². The molecule has 0 aromatic carbocycles. The van der Waals surface area contributed by atoms with Crippen LogP contribution in [0, 0.1) is 5.92 Å². The minimum Gasteiger partial charge on any atom is -0.480 e. The molecule has 1 fully saturated rings. The predicted molar refractivity (Wildman–Crippen MR) is 33.2 cm³/mol. The van der Waals surface area contributed by atoms with Crippen LogP contribution in [0.2, 0.25) is 0 Å². The Kier molecular flexibility index (Phi) is 1.71. The quantitative estimate of drug-likeness (QED) is 0.567. The number of aliphatic carboxylic acids is 1. The SMILES string of the molecule is CN[C@@H](C(=O)O)C1CC1. The molecule has 3 heteroatoms. The van der Waals surface area contributed by atoms with Crippen molar-refractivity contribution in [2.45, 2.75) is 18.9 Å². The molecule has 0 aromatic heterocycles. The first-order valence-electron chi connectivity index (χ1n) is 3.15. The molecule has 1 saturated carbocycles. The molecule has 0 heterocycles. The third-order valence-electron chi connectivity index (χ3n) is 1.67. The Balaban J connectivity index is 2.37. The Morgan fingerprint density at radius 2 is 2.33 bits per heavy atom. The van der Waals surface area contributed by atoms with Crippen molar-refractivity contribution in [3.8, 4) is 0 Å². The van der Waals surface area contributed by atoms with Gasteiger partial charge in [0.1, 0.15) is 6.04 Å². The van der Waals surface area contributed by atoms with E-state index in [-0.39, 0.29) is 6.04 Å². The van der Waals surface area contributed by atoms with Gasteiger partial charge in [-0.1, -0.05) is 0 Å². The van der Waals surface area contributed by atoms with E-state index in [0.29, 0.717) is 5.92 Å². The number of carboxylic acids is 1. The maximum atomic E-state index is 10.3. The minimum absolute atomic E-state index is 0.301. The van der Waals surface area contributed by atoms with E-state index in [1.807, 2.05) is 0 Å². The van der Waals surface area contributed by atoms with E-state index in [1.165, 1.54) is 0 Å². The van der Waals surface area contributed by atoms with Crippen molar-refractivity contribution in [1.82, 2.24) is 5.32 Å². The highest BCUT2D eigenvalue weighted by Gasteiger charge is 2.34. The van der Waals surface area contributed by atoms with Crippen LogP contribution < -0.4 is 5.32 Å². The van der Waals surface area contributed by atoms with Gasteiger partial charge in [-0.3, -0.25) is 4.79 Å². The Morgan fingerprint density at radius 1 is 1.78 bits per heavy atom. The lowest BCUT2D eigenvalue weighted by atomic mass is 10.2. The Labute approximate surface area is 54.1 Å². The van der Waals surface area contributed by atoms with Crippen LogP contribution in [-0.2, 0) is 4.79 Å². The average molecular weight is 129 g/mol. The molecule has 0 unspecified atom stereocenters. The summed E-state index contributed by atoms with van der Waals surface area (Å²) in [5, 5.41) is 11.3. The number of nitrogens with one attached hydrogen (secondary N) is 1. The molecular formula is C6H11NO2. The second-order valence-corrected chi connectivity index (χ2v) is 2.44. The van der Waals surface area contributed by atoms with Crippen molar-refractivity contribution in [1.29, 1.82) is 0 Å². The van der Waals surface area contributed by atoms with Gasteiger partial charge in [0.25, 0.3) is 0 Å². The first-order valence-corrected chi connectivity index (χ1v) is 3.15. The van der Waals surface area contributed by atoms with Crippen LogP contribution in [-0.4, -0.2) is 24.2 Å². The van der Waals surface area contributed by atoms with Gasteiger partial charge >= 0.3 is 5.97 Å². The highest BCUT2D eigenvalue weighted by Crippen LogP contribution is 2.32. The number of hydrogen-bond acceptors (Lipinski definition) is 2. The summed E-state index contributed by atoms with van der Waals surface area (Å²) >= 11 is 0. The monoisotopic (exact) mass is 129 g/mol. The van der Waals surface area contributed by atoms with Gasteiger partial charge < -0.3 is 10.4 Å². The van der Waals surface area contributed by atoms with Crippen LogP contribution in [0.25, 0.3) is 0 Å². The zero-order valence-corrected chi connectivity index (χ0v) is 5.42. The molecule has 0 saturated heterocycles. The van der Waals surface area contributed by atoms with Crippen molar-refractivity contribution < 1.29 is 9.90 Å². The molecule has 3 nitrogen and oxygen atoms in total. The lowest BCUT2D eigenvalue weighted by Gasteiger charge is -2.07. The molecule has 52 valence electrons. The second kappa shape index (κ2) is 2.35. The standard InChI is InChI=1S/C6H11NO2/c1-7-5(6(8)9)4-2-3-4/h4-5,7H,2-3H2,1H3,(H,8,9)/t5-/m1/s1. The van der Waals surface area contributed by atoms with Crippen molar-refractivity contribution in [2.75, 3.05) is 7.05 Å². The van der Waals surface area contributed by atoms with E-state index in [1.54, 1.807) is 7.05 Å². The van der Waals surface area contributed by atoms with Crippen molar-refractivity contribution in [3.63, 3.8) is 0 Å². The zero-order chi connectivity index (χ0) is 6.85. The lowest BCUT2D eigenvalue weighted by molar-refractivity contribution is -0.139. The summed E-state index contributed by atoms with van der Waals surface area (Å²) in [5.41, 5.74) is 0. The summed E-state index contributed by atoms with van der Waals surface area (Å²) in [7, 11) is 1.69. The fourth-order valence-electron chi connectivity index (χ4n) is 0.990. The van der Waals surface area contributed by atoms with Gasteiger partial charge in [0.2, 0.25) is 0 Å². The van der Waals surface area contributed by atoms with Crippen LogP contribution in [0.3, 0.4) is 0 Å². The van der Waals surface area contributed by atoms with Crippen LogP contribution in [0.1, 0.15) is 12.8 Å². The maximum Gasteiger partial charge on any atom is 0.320 e. The molecule has 0 aromatic rings. The van der Waals surface area contributed by atoms with E-state index in [9.17, 15) is 4.79 Å². The van der Waals surface area contributed by atoms with Crippen molar-refractivity contribution >= 4 is 5.97 Å². The molecule has 0 radical (unpaired) electrons. The third-order valence-corrected chi connectivity index (χ3v) is 1.67. The number of rotatable bonds is 3. The topological polar surface area (TPSA) is 49.3 Å². The van der Waals surface area contributed by atoms with E-state index >= 15 is 0 Å². The maximum absolute atomic E-state index is 10.3. The van der Waals surface area contributed by atoms with Gasteiger partial charge in [0, 0.05) is 0 Å². The Bertz CT molecular complexity index is 120. The fraction of sp³-hybridized carbons (Fsp3) is 0.833. The van der Waals surface area contributed by atoms with Crippen LogP contribution in [0.5, 0.6) is 0 Å². The normalized spacial score (nSPS) is 21.4. The molecule has 0 spiro atoms. The number of carboxylic acid groups (broad SMARTS) is 1. The molecule has 0 amide bonds. The molecule has 1 aliphatic rings. The van der Waals surface area contributed by atoms with Crippen LogP contribution in [0.15, 0.2) is 0 Å². The smallest absolute Gasteiger partial charge is 0.320 e. The number of hydrogen-bond donors (Lipinski definition) is 2. The van der Waals surface area contributed by atoms with Crippen molar-refractivity contribution in [3.05, 3.63) is 0 Å². The summed E-state index contributed by atoms with van der Waals surface area (Å²) in [6.07, 6.45) is 2.13. The van der Waals surface area contributed by atoms with E-state index in [2.05, 4.69) is 5.32 Å². The van der Waals surface area contributed by atoms with E-state index < -0.39 is 5.97 Å². The summed E-state index contributed by atoms with van der Waals surface area (Å²) in [5.74, 6) is -0.326. The summed E-state index contributed by atoms with van der Waals surface area (Å²) < 4.78 is 0. The van der Waals surface area contributed by atoms with Gasteiger partial charge in [-0.2, -0.15) is 0 Å². The summed E-state index contributed by atoms with van der Waals surface area (Å²) in [6.45, 7) is 0. The second-order valence-electron chi connectivity index (χ2n) is 2.44. The highest BCUT2D eigenvalue weighted by atomic mass is 16.4. The molecular weight excluding hydrogens is 118 g/mol. The molecule has 1 rings (SSSR count).